The van der Waals surface area contributed by atoms with Crippen LogP contribution in [-0.2, 0) is 4.74 Å². The first-order valence-electron chi connectivity index (χ1n) is 20.4. The summed E-state index contributed by atoms with van der Waals surface area (Å²) in [6.07, 6.45) is 43.9. The highest BCUT2D eigenvalue weighted by Gasteiger charge is 2.52. The molecule has 0 spiro atoms. The molecule has 0 heterocycles. The molecule has 1 atom stereocenters. The molecule has 255 valence electrons. The van der Waals surface area contributed by atoms with E-state index in [1.54, 1.807) is 0 Å². The first kappa shape index (κ1) is 35.7. The van der Waals surface area contributed by atoms with Crippen LogP contribution in [0.1, 0.15) is 205 Å². The lowest BCUT2D eigenvalue weighted by molar-refractivity contribution is -0.166. The van der Waals surface area contributed by atoms with Crippen LogP contribution in [0.15, 0.2) is 0 Å². The number of ether oxygens (including phenoxy) is 1. The summed E-state index contributed by atoms with van der Waals surface area (Å²) in [5, 5.41) is 0. The van der Waals surface area contributed by atoms with E-state index in [0.717, 1.165) is 74.5 Å². The van der Waals surface area contributed by atoms with Crippen molar-refractivity contribution < 1.29 is 9.13 Å². The summed E-state index contributed by atoms with van der Waals surface area (Å²) in [5.74, 6) is 4.32. The summed E-state index contributed by atoms with van der Waals surface area (Å²) in [5.41, 5.74) is -0.665. The van der Waals surface area contributed by atoms with Crippen molar-refractivity contribution in [3.05, 3.63) is 6.42 Å². The molecule has 1 radical (unpaired) electrons. The summed E-state index contributed by atoms with van der Waals surface area (Å²) in [6, 6.07) is 0. The van der Waals surface area contributed by atoms with E-state index < -0.39 is 10.2 Å². The van der Waals surface area contributed by atoms with Gasteiger partial charge < -0.3 is 4.74 Å². The van der Waals surface area contributed by atoms with Crippen LogP contribution in [0.5, 0.6) is 0 Å². The monoisotopic (exact) mass is 677 g/mol. The van der Waals surface area contributed by atoms with Crippen molar-refractivity contribution >= 4 is 15.9 Å². The highest BCUT2D eigenvalue weighted by atomic mass is 79.9. The fourth-order valence-electron chi connectivity index (χ4n) is 10.6. The number of alkyl halides is 2. The van der Waals surface area contributed by atoms with Crippen LogP contribution in [0, 0.1) is 36.0 Å². The van der Waals surface area contributed by atoms with Crippen molar-refractivity contribution in [1.29, 1.82) is 0 Å². The standard InChI is InChI=1S/C41H71BrFO/c42-41(43,33-13-26-37-20-8-9-21-37)40(31-11-24-35-16-4-5-17-35,32-12-25-36-18-6-7-19-36)44-39-29-27-38(28-30-39)23-10-22-34-14-2-1-3-15-34/h23,34-39H,1-22,24-33H2. The molecule has 1 nitrogen and oxygen atoms in total. The molecule has 5 fully saturated rings. The Morgan fingerprint density at radius 3 is 1.41 bits per heavy atom. The van der Waals surface area contributed by atoms with Crippen molar-refractivity contribution in [1.82, 2.24) is 0 Å². The Labute approximate surface area is 281 Å². The summed E-state index contributed by atoms with van der Waals surface area (Å²) in [6.45, 7) is 0. The van der Waals surface area contributed by atoms with Gasteiger partial charge in [0.05, 0.1) is 6.10 Å². The zero-order chi connectivity index (χ0) is 30.5. The van der Waals surface area contributed by atoms with Gasteiger partial charge in [0.15, 0.2) is 4.58 Å². The molecule has 5 rings (SSSR count). The Bertz CT molecular complexity index is 729. The molecule has 5 saturated carbocycles. The van der Waals surface area contributed by atoms with Crippen molar-refractivity contribution in [2.75, 3.05) is 0 Å². The first-order valence-corrected chi connectivity index (χ1v) is 21.2. The van der Waals surface area contributed by atoms with Gasteiger partial charge in [0.2, 0.25) is 0 Å². The van der Waals surface area contributed by atoms with Crippen LogP contribution >= 0.6 is 15.9 Å². The van der Waals surface area contributed by atoms with Crippen LogP contribution in [-0.4, -0.2) is 16.3 Å². The Morgan fingerprint density at radius 1 is 0.523 bits per heavy atom. The van der Waals surface area contributed by atoms with Gasteiger partial charge in [-0.2, -0.15) is 0 Å². The van der Waals surface area contributed by atoms with Gasteiger partial charge in [-0.3, -0.25) is 0 Å². The van der Waals surface area contributed by atoms with E-state index in [1.165, 1.54) is 154 Å². The summed E-state index contributed by atoms with van der Waals surface area (Å²) in [7, 11) is 0. The largest absolute Gasteiger partial charge is 0.367 e. The minimum absolute atomic E-state index is 0.235. The van der Waals surface area contributed by atoms with Crippen molar-refractivity contribution in [2.24, 2.45) is 29.6 Å². The maximum absolute atomic E-state index is 17.4. The minimum Gasteiger partial charge on any atom is -0.367 e. The fourth-order valence-corrected chi connectivity index (χ4v) is 11.4. The number of hydrogen-bond donors (Lipinski definition) is 0. The van der Waals surface area contributed by atoms with Gasteiger partial charge in [-0.25, -0.2) is 4.39 Å². The van der Waals surface area contributed by atoms with E-state index in [4.69, 9.17) is 4.74 Å². The number of rotatable bonds is 19. The van der Waals surface area contributed by atoms with Crippen molar-refractivity contribution in [3.63, 3.8) is 0 Å². The SMILES string of the molecule is FC(Br)(CCCC1CCCC1)C(CCCC1CCCC1)(CCCC1CCCC1)OC1CCC([CH]CCC2CCCCC2)CC1. The zero-order valence-electron chi connectivity index (χ0n) is 28.8. The van der Waals surface area contributed by atoms with E-state index >= 15 is 4.39 Å². The first-order chi connectivity index (χ1) is 21.5. The molecule has 0 aliphatic heterocycles. The Kier molecular flexibility index (Phi) is 15.2. The number of hydrogen-bond acceptors (Lipinski definition) is 1. The van der Waals surface area contributed by atoms with E-state index in [9.17, 15) is 0 Å². The third-order valence-electron chi connectivity index (χ3n) is 13.5. The molecule has 0 aromatic heterocycles. The van der Waals surface area contributed by atoms with Crippen molar-refractivity contribution in [2.45, 2.75) is 222 Å². The van der Waals surface area contributed by atoms with Crippen LogP contribution < -0.4 is 0 Å². The molecular weight excluding hydrogens is 607 g/mol. The van der Waals surface area contributed by atoms with E-state index in [1.807, 2.05) is 0 Å². The molecule has 0 saturated heterocycles. The fraction of sp³-hybridized carbons (Fsp3) is 0.976. The average molecular weight is 679 g/mol. The summed E-state index contributed by atoms with van der Waals surface area (Å²) >= 11 is 3.86. The highest BCUT2D eigenvalue weighted by Crippen LogP contribution is 2.50. The quantitative estimate of drug-likeness (QED) is 0.124. The third-order valence-corrected chi connectivity index (χ3v) is 14.6. The lowest BCUT2D eigenvalue weighted by Crippen LogP contribution is -2.52. The topological polar surface area (TPSA) is 9.23 Å². The van der Waals surface area contributed by atoms with E-state index in [0.29, 0.717) is 6.42 Å². The van der Waals surface area contributed by atoms with Gasteiger partial charge in [0, 0.05) is 0 Å². The van der Waals surface area contributed by atoms with Crippen LogP contribution in [0.4, 0.5) is 4.39 Å². The van der Waals surface area contributed by atoms with Crippen LogP contribution in [0.2, 0.25) is 0 Å². The predicted molar refractivity (Wildman–Crippen MR) is 190 cm³/mol. The second-order valence-electron chi connectivity index (χ2n) is 16.8. The Hall–Kier alpha value is 0.370. The van der Waals surface area contributed by atoms with Gasteiger partial charge in [-0.05, 0) is 110 Å². The maximum atomic E-state index is 17.4. The lowest BCUT2D eigenvalue weighted by atomic mass is 9.79. The normalized spacial score (nSPS) is 28.2. The number of halogens is 2. The molecule has 44 heavy (non-hydrogen) atoms. The molecule has 0 bridgehead atoms. The molecule has 5 aliphatic carbocycles. The van der Waals surface area contributed by atoms with Gasteiger partial charge in [-0.1, -0.05) is 148 Å². The second-order valence-corrected chi connectivity index (χ2v) is 18.1. The van der Waals surface area contributed by atoms with E-state index in [-0.39, 0.29) is 6.10 Å². The highest BCUT2D eigenvalue weighted by molar-refractivity contribution is 9.10. The Balaban J connectivity index is 1.19. The van der Waals surface area contributed by atoms with E-state index in [2.05, 4.69) is 22.4 Å². The zero-order valence-corrected chi connectivity index (χ0v) is 30.4. The second kappa shape index (κ2) is 18.8. The molecule has 5 aliphatic rings. The van der Waals surface area contributed by atoms with Gasteiger partial charge >= 0.3 is 0 Å². The van der Waals surface area contributed by atoms with Gasteiger partial charge in [0.25, 0.3) is 0 Å². The molecule has 0 amide bonds. The smallest absolute Gasteiger partial charge is 0.193 e. The minimum atomic E-state index is -1.41. The molecule has 0 aromatic carbocycles. The maximum Gasteiger partial charge on any atom is 0.193 e. The average Bonchev–Trinajstić information content (AvgIpc) is 3.84. The molecule has 0 N–H and O–H groups in total. The third kappa shape index (κ3) is 11.2. The molecule has 1 unspecified atom stereocenters. The summed E-state index contributed by atoms with van der Waals surface area (Å²) < 4.78 is 23.3. The van der Waals surface area contributed by atoms with Gasteiger partial charge in [-0.15, -0.1) is 0 Å². The predicted octanol–water partition coefficient (Wildman–Crippen LogP) is 14.0. The summed E-state index contributed by atoms with van der Waals surface area (Å²) in [4.78, 5) is 0. The van der Waals surface area contributed by atoms with Crippen LogP contribution in [0.25, 0.3) is 0 Å². The molecule has 3 heteroatoms. The Morgan fingerprint density at radius 2 is 0.932 bits per heavy atom. The molecular formula is C41H71BrFO. The molecule has 0 aromatic rings. The van der Waals surface area contributed by atoms with Gasteiger partial charge in [0.1, 0.15) is 5.60 Å². The van der Waals surface area contributed by atoms with Crippen LogP contribution in [0.3, 0.4) is 0 Å². The van der Waals surface area contributed by atoms with Crippen molar-refractivity contribution in [3.8, 4) is 0 Å². The lowest BCUT2D eigenvalue weighted by Gasteiger charge is -2.46.